The minimum Gasteiger partial charge on any atom is -0.311 e. The fourth-order valence-corrected chi connectivity index (χ4v) is 2.65. The van der Waals surface area contributed by atoms with E-state index in [-0.39, 0.29) is 0 Å². The van der Waals surface area contributed by atoms with Crippen molar-refractivity contribution in [1.82, 2.24) is 20.3 Å². The zero-order valence-electron chi connectivity index (χ0n) is 11.1. The van der Waals surface area contributed by atoms with E-state index in [0.717, 1.165) is 30.9 Å². The van der Waals surface area contributed by atoms with Crippen LogP contribution in [0, 0.1) is 0 Å². The van der Waals surface area contributed by atoms with E-state index >= 15 is 0 Å². The van der Waals surface area contributed by atoms with Gasteiger partial charge in [0.2, 0.25) is 0 Å². The molecule has 2 aromatic heterocycles. The Morgan fingerprint density at radius 2 is 2.00 bits per heavy atom. The monoisotopic (exact) mass is 284 g/mol. The zero-order chi connectivity index (χ0) is 13.6. The lowest BCUT2D eigenvalue weighted by molar-refractivity contribution is 0.662. The van der Waals surface area contributed by atoms with Gasteiger partial charge in [-0.15, -0.1) is 11.3 Å². The van der Waals surface area contributed by atoms with Gasteiger partial charge < -0.3 is 5.32 Å². The van der Waals surface area contributed by atoms with Gasteiger partial charge in [0.25, 0.3) is 0 Å². The summed E-state index contributed by atoms with van der Waals surface area (Å²) in [6.07, 6.45) is 2.87. The smallest absolute Gasteiger partial charge is 0.0969 e. The molecule has 0 spiro atoms. The molecule has 0 saturated heterocycles. The summed E-state index contributed by atoms with van der Waals surface area (Å²) in [4.78, 5) is 3.07. The van der Waals surface area contributed by atoms with E-state index in [1.165, 1.54) is 4.88 Å². The molecule has 3 rings (SSSR count). The van der Waals surface area contributed by atoms with E-state index in [1.54, 1.807) is 16.1 Å². The van der Waals surface area contributed by atoms with Gasteiger partial charge in [-0.3, -0.25) is 0 Å². The van der Waals surface area contributed by atoms with Crippen LogP contribution in [0.4, 0.5) is 0 Å². The van der Waals surface area contributed by atoms with Gasteiger partial charge in [-0.25, -0.2) is 0 Å². The molecule has 1 aromatic carbocycles. The van der Waals surface area contributed by atoms with Crippen molar-refractivity contribution in [2.75, 3.05) is 6.54 Å². The lowest BCUT2D eigenvalue weighted by Gasteiger charge is -2.01. The summed E-state index contributed by atoms with van der Waals surface area (Å²) in [5, 5.41) is 14.3. The third-order valence-electron chi connectivity index (χ3n) is 2.96. The van der Waals surface area contributed by atoms with Gasteiger partial charge in [0.15, 0.2) is 0 Å². The minimum absolute atomic E-state index is 0.748. The van der Waals surface area contributed by atoms with Crippen LogP contribution < -0.4 is 5.32 Å². The first-order chi connectivity index (χ1) is 9.92. The molecule has 0 aliphatic carbocycles. The van der Waals surface area contributed by atoms with Crippen LogP contribution in [0.5, 0.6) is 0 Å². The molecule has 0 atom stereocenters. The van der Waals surface area contributed by atoms with Crippen molar-refractivity contribution < 1.29 is 0 Å². The topological polar surface area (TPSA) is 42.7 Å². The average Bonchev–Trinajstić information content (AvgIpc) is 3.16. The number of nitrogens with one attached hydrogen (secondary N) is 1. The Bertz CT molecular complexity index is 631. The van der Waals surface area contributed by atoms with E-state index in [9.17, 15) is 0 Å². The fraction of sp³-hybridized carbons (Fsp3) is 0.200. The van der Waals surface area contributed by atoms with Crippen molar-refractivity contribution in [3.05, 3.63) is 64.6 Å². The Morgan fingerprint density at radius 3 is 2.80 bits per heavy atom. The summed E-state index contributed by atoms with van der Waals surface area (Å²) < 4.78 is 0. The second-order valence-corrected chi connectivity index (χ2v) is 5.50. The molecule has 2 heterocycles. The maximum absolute atomic E-state index is 4.46. The van der Waals surface area contributed by atoms with E-state index in [0.29, 0.717) is 0 Å². The normalized spacial score (nSPS) is 10.8. The molecule has 0 aliphatic heterocycles. The maximum Gasteiger partial charge on any atom is 0.0969 e. The largest absolute Gasteiger partial charge is 0.311 e. The molecule has 0 radical (unpaired) electrons. The molecule has 3 aromatic rings. The van der Waals surface area contributed by atoms with E-state index in [1.807, 2.05) is 36.5 Å². The molecule has 0 fully saturated rings. The number of hydrogen-bond acceptors (Lipinski definition) is 4. The zero-order valence-corrected chi connectivity index (χ0v) is 11.9. The summed E-state index contributed by atoms with van der Waals surface area (Å²) in [5.41, 5.74) is 1.94. The van der Waals surface area contributed by atoms with Gasteiger partial charge in [-0.2, -0.15) is 15.0 Å². The Morgan fingerprint density at radius 1 is 1.10 bits per heavy atom. The highest BCUT2D eigenvalue weighted by molar-refractivity contribution is 7.09. The van der Waals surface area contributed by atoms with Gasteiger partial charge in [-0.05, 0) is 30.0 Å². The highest BCUT2D eigenvalue weighted by atomic mass is 32.1. The number of aromatic nitrogens is 3. The van der Waals surface area contributed by atoms with Crippen LogP contribution in [-0.4, -0.2) is 21.5 Å². The number of thiophene rings is 1. The fourth-order valence-electron chi connectivity index (χ4n) is 1.94. The predicted molar refractivity (Wildman–Crippen MR) is 81.1 cm³/mol. The van der Waals surface area contributed by atoms with Gasteiger partial charge in [0.1, 0.15) is 0 Å². The predicted octanol–water partition coefficient (Wildman–Crippen LogP) is 2.66. The van der Waals surface area contributed by atoms with E-state index < -0.39 is 0 Å². The Hall–Kier alpha value is -1.98. The molecule has 102 valence electrons. The first-order valence-corrected chi connectivity index (χ1v) is 7.49. The molecule has 20 heavy (non-hydrogen) atoms. The lowest BCUT2D eigenvalue weighted by atomic mass is 10.3. The molecule has 5 heteroatoms. The van der Waals surface area contributed by atoms with Crippen LogP contribution in [0.15, 0.2) is 54.0 Å². The number of nitrogens with zero attached hydrogens (tertiary/aromatic N) is 3. The third-order valence-corrected chi connectivity index (χ3v) is 3.90. The van der Waals surface area contributed by atoms with Crippen LogP contribution in [0.1, 0.15) is 10.6 Å². The van der Waals surface area contributed by atoms with Gasteiger partial charge in [0, 0.05) is 18.0 Å². The number of hydrogen-bond donors (Lipinski definition) is 1. The van der Waals surface area contributed by atoms with Crippen molar-refractivity contribution in [3.63, 3.8) is 0 Å². The molecule has 0 amide bonds. The second kappa shape index (κ2) is 6.45. The molecule has 0 aliphatic rings. The molecule has 0 saturated carbocycles. The molecule has 1 N–H and O–H groups in total. The van der Waals surface area contributed by atoms with Crippen molar-refractivity contribution in [2.45, 2.75) is 13.0 Å². The standard InChI is InChI=1S/C15H16N4S/c1-2-5-14(6-3-1)19-17-12-13(18-19)11-16-9-8-15-7-4-10-20-15/h1-7,10,12,16H,8-9,11H2. The quantitative estimate of drug-likeness (QED) is 0.708. The summed E-state index contributed by atoms with van der Waals surface area (Å²) in [6.45, 7) is 1.71. The summed E-state index contributed by atoms with van der Waals surface area (Å²) >= 11 is 1.80. The van der Waals surface area contributed by atoms with Crippen molar-refractivity contribution in [2.24, 2.45) is 0 Å². The Kier molecular flexibility index (Phi) is 4.20. The highest BCUT2D eigenvalue weighted by Gasteiger charge is 2.02. The average molecular weight is 284 g/mol. The maximum atomic E-state index is 4.46. The molecule has 4 nitrogen and oxygen atoms in total. The number of benzene rings is 1. The number of rotatable bonds is 6. The highest BCUT2D eigenvalue weighted by Crippen LogP contribution is 2.08. The summed E-state index contributed by atoms with van der Waals surface area (Å²) in [6, 6.07) is 14.2. The second-order valence-electron chi connectivity index (χ2n) is 4.47. The van der Waals surface area contributed by atoms with E-state index in [4.69, 9.17) is 0 Å². The van der Waals surface area contributed by atoms with Gasteiger partial charge >= 0.3 is 0 Å². The Labute approximate surface area is 122 Å². The molecular weight excluding hydrogens is 268 g/mol. The summed E-state index contributed by atoms with van der Waals surface area (Å²) in [7, 11) is 0. The van der Waals surface area contributed by atoms with Crippen LogP contribution in [0.25, 0.3) is 5.69 Å². The first-order valence-electron chi connectivity index (χ1n) is 6.61. The summed E-state index contributed by atoms with van der Waals surface area (Å²) in [5.74, 6) is 0. The van der Waals surface area contributed by atoms with Crippen molar-refractivity contribution in [3.8, 4) is 5.69 Å². The van der Waals surface area contributed by atoms with Crippen LogP contribution in [0.2, 0.25) is 0 Å². The van der Waals surface area contributed by atoms with Crippen molar-refractivity contribution in [1.29, 1.82) is 0 Å². The van der Waals surface area contributed by atoms with Gasteiger partial charge in [0.05, 0.1) is 17.6 Å². The molecule has 0 bridgehead atoms. The van der Waals surface area contributed by atoms with Crippen LogP contribution in [-0.2, 0) is 13.0 Å². The third kappa shape index (κ3) is 3.31. The number of para-hydroxylation sites is 1. The minimum atomic E-state index is 0.748. The molecular formula is C15H16N4S. The van der Waals surface area contributed by atoms with Crippen LogP contribution >= 0.6 is 11.3 Å². The van der Waals surface area contributed by atoms with Gasteiger partial charge in [-0.1, -0.05) is 24.3 Å². The molecule has 0 unspecified atom stereocenters. The lowest BCUT2D eigenvalue weighted by Crippen LogP contribution is -2.16. The van der Waals surface area contributed by atoms with Crippen LogP contribution in [0.3, 0.4) is 0 Å². The SMILES string of the molecule is c1ccc(-n2ncc(CNCCc3cccs3)n2)cc1. The van der Waals surface area contributed by atoms with E-state index in [2.05, 4.69) is 33.0 Å². The Balaban J connectivity index is 1.50. The first kappa shape index (κ1) is 13.0. The van der Waals surface area contributed by atoms with Crippen molar-refractivity contribution >= 4 is 11.3 Å².